The fourth-order valence-electron chi connectivity index (χ4n) is 7.91. The molecule has 5 rings (SSSR count). The molecule has 4 atom stereocenters. The molecule has 0 aliphatic heterocycles. The molecule has 1 saturated carbocycles. The number of aryl methyl sites for hydroxylation is 2. The predicted molar refractivity (Wildman–Crippen MR) is 167 cm³/mol. The van der Waals surface area contributed by atoms with Crippen molar-refractivity contribution < 1.29 is 24.2 Å². The number of phenolic OH excluding ortho intramolecular Hbond substituents is 1. The molecule has 2 aliphatic carbocycles. The Morgan fingerprint density at radius 2 is 1.84 bits per heavy atom. The van der Waals surface area contributed by atoms with E-state index in [9.17, 15) is 19.8 Å². The quantitative estimate of drug-likeness (QED) is 0.266. The van der Waals surface area contributed by atoms with E-state index in [4.69, 9.17) is 9.15 Å². The van der Waals surface area contributed by atoms with Gasteiger partial charge < -0.3 is 24.7 Å². The summed E-state index contributed by atoms with van der Waals surface area (Å²) in [4.78, 5) is 26.1. The van der Waals surface area contributed by atoms with Crippen molar-refractivity contribution in [2.75, 3.05) is 13.7 Å². The van der Waals surface area contributed by atoms with Crippen LogP contribution in [-0.4, -0.2) is 29.8 Å². The molecule has 0 saturated heterocycles. The van der Waals surface area contributed by atoms with Crippen LogP contribution in [0, 0.1) is 18.3 Å². The lowest BCUT2D eigenvalue weighted by Crippen LogP contribution is -2.53. The second kappa shape index (κ2) is 11.7. The van der Waals surface area contributed by atoms with Crippen molar-refractivity contribution in [2.24, 2.45) is 11.3 Å². The molecule has 0 radical (unpaired) electrons. The van der Waals surface area contributed by atoms with E-state index in [0.29, 0.717) is 29.7 Å². The minimum Gasteiger partial charge on any atom is -0.504 e. The van der Waals surface area contributed by atoms with Crippen molar-refractivity contribution in [1.82, 2.24) is 5.32 Å². The highest BCUT2D eigenvalue weighted by molar-refractivity contribution is 5.77. The third-order valence-corrected chi connectivity index (χ3v) is 10.2. The number of aromatic hydroxyl groups is 2. The Bertz CT molecular complexity index is 1570. The van der Waals surface area contributed by atoms with Gasteiger partial charge in [-0.2, -0.15) is 0 Å². The zero-order chi connectivity index (χ0) is 31.1. The van der Waals surface area contributed by atoms with Crippen LogP contribution in [-0.2, 0) is 16.6 Å². The van der Waals surface area contributed by atoms with E-state index < -0.39 is 17.1 Å². The lowest BCUT2D eigenvalue weighted by molar-refractivity contribution is -0.122. The van der Waals surface area contributed by atoms with Gasteiger partial charge in [-0.05, 0) is 89.7 Å². The van der Waals surface area contributed by atoms with E-state index in [2.05, 4.69) is 51.2 Å². The van der Waals surface area contributed by atoms with E-state index >= 15 is 0 Å². The average molecular weight is 588 g/mol. The second-order valence-electron chi connectivity index (χ2n) is 13.5. The Kier molecular flexibility index (Phi) is 8.39. The minimum absolute atomic E-state index is 0.0222. The van der Waals surface area contributed by atoms with Crippen LogP contribution < -0.4 is 15.5 Å². The van der Waals surface area contributed by atoms with Crippen molar-refractivity contribution in [3.05, 3.63) is 86.5 Å². The van der Waals surface area contributed by atoms with Gasteiger partial charge >= 0.3 is 0 Å². The number of rotatable bonds is 8. The van der Waals surface area contributed by atoms with E-state index in [-0.39, 0.29) is 40.4 Å². The second-order valence-corrected chi connectivity index (χ2v) is 13.5. The maximum absolute atomic E-state index is 13.6. The Morgan fingerprint density at radius 3 is 2.56 bits per heavy atom. The standard InChI is InChI=1S/C36H45NO6/c1-21(2)23-8-11-27-25(17-23)10-13-31-35(4,14-7-15-36(27,31)5)20-37-32(40)19-26(24-9-12-28(38)30(18-24)42-6)34-33(41)29(39)16-22(3)43-34/h8-9,11-12,16-18,21,26,31,38,41H,7,10,13-15,19-20H2,1-6H3,(H,37,40)/t26-,31+,35-,36+/m0/s1. The van der Waals surface area contributed by atoms with Gasteiger partial charge in [0.1, 0.15) is 5.76 Å². The molecular formula is C36H45NO6. The van der Waals surface area contributed by atoms with Gasteiger partial charge in [-0.1, -0.05) is 58.4 Å². The summed E-state index contributed by atoms with van der Waals surface area (Å²) >= 11 is 0. The van der Waals surface area contributed by atoms with E-state index in [1.807, 2.05) is 0 Å². The molecule has 7 heteroatoms. The van der Waals surface area contributed by atoms with Crippen LogP contribution in [0.25, 0.3) is 0 Å². The van der Waals surface area contributed by atoms with Gasteiger partial charge in [-0.25, -0.2) is 0 Å². The predicted octanol–water partition coefficient (Wildman–Crippen LogP) is 6.84. The van der Waals surface area contributed by atoms with Gasteiger partial charge in [0.05, 0.1) is 13.0 Å². The maximum Gasteiger partial charge on any atom is 0.227 e. The number of carbonyl (C=O) groups is 1. The largest absolute Gasteiger partial charge is 0.504 e. The molecular weight excluding hydrogens is 542 g/mol. The summed E-state index contributed by atoms with van der Waals surface area (Å²) in [6.45, 7) is 11.4. The Morgan fingerprint density at radius 1 is 1.09 bits per heavy atom. The van der Waals surface area contributed by atoms with Crippen molar-refractivity contribution in [3.63, 3.8) is 0 Å². The third-order valence-electron chi connectivity index (χ3n) is 10.2. The molecule has 1 amide bonds. The lowest BCUT2D eigenvalue weighted by atomic mass is 9.49. The highest BCUT2D eigenvalue weighted by Crippen LogP contribution is 2.57. The number of fused-ring (bicyclic) bond motifs is 3. The molecule has 1 fully saturated rings. The van der Waals surface area contributed by atoms with Crippen molar-refractivity contribution in [2.45, 2.75) is 90.4 Å². The summed E-state index contributed by atoms with van der Waals surface area (Å²) in [5.74, 6) is -0.0138. The Labute approximate surface area is 254 Å². The number of amides is 1. The summed E-state index contributed by atoms with van der Waals surface area (Å²) in [7, 11) is 1.44. The summed E-state index contributed by atoms with van der Waals surface area (Å²) in [5.41, 5.74) is 4.33. The van der Waals surface area contributed by atoms with Crippen LogP contribution in [0.1, 0.15) is 105 Å². The number of phenols is 1. The fraction of sp³-hybridized carbons (Fsp3) is 0.500. The molecule has 1 aromatic heterocycles. The monoisotopic (exact) mass is 587 g/mol. The fourth-order valence-corrected chi connectivity index (χ4v) is 7.91. The van der Waals surface area contributed by atoms with Crippen molar-refractivity contribution in [1.29, 1.82) is 0 Å². The third kappa shape index (κ3) is 5.78. The minimum atomic E-state index is -0.761. The van der Waals surface area contributed by atoms with Crippen LogP contribution in [0.4, 0.5) is 0 Å². The van der Waals surface area contributed by atoms with Crippen molar-refractivity contribution in [3.8, 4) is 17.2 Å². The Hall–Kier alpha value is -3.74. The first kappa shape index (κ1) is 30.7. The highest BCUT2D eigenvalue weighted by atomic mass is 16.5. The zero-order valence-electron chi connectivity index (χ0n) is 26.3. The average Bonchev–Trinajstić information content (AvgIpc) is 2.97. The van der Waals surface area contributed by atoms with Gasteiger partial charge in [0, 0.05) is 19.0 Å². The maximum atomic E-state index is 13.6. The number of ether oxygens (including phenoxy) is 1. The van der Waals surface area contributed by atoms with Gasteiger partial charge in [0.25, 0.3) is 0 Å². The van der Waals surface area contributed by atoms with Crippen molar-refractivity contribution >= 4 is 5.91 Å². The normalized spacial score (nSPS) is 23.7. The van der Waals surface area contributed by atoms with Crippen LogP contribution >= 0.6 is 0 Å². The van der Waals surface area contributed by atoms with Crippen LogP contribution in [0.3, 0.4) is 0 Å². The molecule has 7 nitrogen and oxygen atoms in total. The number of benzene rings is 2. The smallest absolute Gasteiger partial charge is 0.227 e. The molecule has 1 heterocycles. The van der Waals surface area contributed by atoms with Gasteiger partial charge in [0.2, 0.25) is 17.1 Å². The number of nitrogens with one attached hydrogen (secondary N) is 1. The molecule has 0 bridgehead atoms. The van der Waals surface area contributed by atoms with E-state index in [0.717, 1.165) is 32.1 Å². The summed E-state index contributed by atoms with van der Waals surface area (Å²) in [6.07, 6.45) is 5.38. The van der Waals surface area contributed by atoms with Gasteiger partial charge in [-0.15, -0.1) is 0 Å². The summed E-state index contributed by atoms with van der Waals surface area (Å²) in [6, 6.07) is 13.0. The first-order valence-electron chi connectivity index (χ1n) is 15.5. The number of hydrogen-bond donors (Lipinski definition) is 3. The number of hydrogen-bond acceptors (Lipinski definition) is 6. The first-order chi connectivity index (χ1) is 20.4. The zero-order valence-corrected chi connectivity index (χ0v) is 26.3. The first-order valence-corrected chi connectivity index (χ1v) is 15.5. The van der Waals surface area contributed by atoms with Gasteiger partial charge in [-0.3, -0.25) is 9.59 Å². The Balaban J connectivity index is 1.39. The van der Waals surface area contributed by atoms with Crippen LogP contribution in [0.15, 0.2) is 51.7 Å². The molecule has 43 heavy (non-hydrogen) atoms. The summed E-state index contributed by atoms with van der Waals surface area (Å²) < 4.78 is 11.1. The molecule has 0 spiro atoms. The molecule has 3 aromatic rings. The molecule has 0 unspecified atom stereocenters. The summed E-state index contributed by atoms with van der Waals surface area (Å²) in [5, 5.41) is 24.1. The van der Waals surface area contributed by atoms with E-state index in [1.165, 1.54) is 35.9 Å². The van der Waals surface area contributed by atoms with Crippen LogP contribution in [0.2, 0.25) is 0 Å². The number of carbonyl (C=O) groups excluding carboxylic acids is 1. The molecule has 3 N–H and O–H groups in total. The van der Waals surface area contributed by atoms with Crippen LogP contribution in [0.5, 0.6) is 17.2 Å². The van der Waals surface area contributed by atoms with Gasteiger partial charge in [0.15, 0.2) is 17.3 Å². The topological polar surface area (TPSA) is 109 Å². The SMILES string of the molecule is COc1cc([C@H](CC(=O)NC[C@]2(C)CCC[C@]3(C)c4ccc(C(C)C)cc4CC[C@H]23)c2oc(C)cc(=O)c2O)ccc1O. The lowest BCUT2D eigenvalue weighted by Gasteiger charge is -2.55. The molecule has 2 aromatic carbocycles. The molecule has 230 valence electrons. The molecule has 2 aliphatic rings. The number of methoxy groups -OCH3 is 1. The highest BCUT2D eigenvalue weighted by Gasteiger charge is 2.51. The van der Waals surface area contributed by atoms with E-state index in [1.54, 1.807) is 19.1 Å².